The standard InChI is InChI=1S/C11H20N2O2S/c1-3-7-13(4-2)8-5-11-10-16(14,15)9-6-12-11/h1,11-12H,4-10H2,2H3. The van der Waals surface area contributed by atoms with Gasteiger partial charge in [0.1, 0.15) is 0 Å². The van der Waals surface area contributed by atoms with Gasteiger partial charge in [0.25, 0.3) is 0 Å². The minimum absolute atomic E-state index is 0.0885. The van der Waals surface area contributed by atoms with Crippen molar-refractivity contribution in [2.45, 2.75) is 19.4 Å². The molecule has 0 amide bonds. The molecule has 1 atom stereocenters. The molecule has 1 heterocycles. The lowest BCUT2D eigenvalue weighted by Crippen LogP contribution is -2.46. The van der Waals surface area contributed by atoms with Gasteiger partial charge in [-0.15, -0.1) is 6.42 Å². The van der Waals surface area contributed by atoms with Gasteiger partial charge in [-0.2, -0.15) is 0 Å². The third-order valence-corrected chi connectivity index (χ3v) is 4.59. The van der Waals surface area contributed by atoms with Crippen LogP contribution in [0.5, 0.6) is 0 Å². The molecule has 5 heteroatoms. The Labute approximate surface area is 98.3 Å². The molecule has 0 radical (unpaired) electrons. The molecule has 16 heavy (non-hydrogen) atoms. The monoisotopic (exact) mass is 244 g/mol. The van der Waals surface area contributed by atoms with E-state index in [1.54, 1.807) is 0 Å². The van der Waals surface area contributed by atoms with Gasteiger partial charge in [0.2, 0.25) is 0 Å². The summed E-state index contributed by atoms with van der Waals surface area (Å²) in [5, 5.41) is 3.24. The van der Waals surface area contributed by atoms with Crippen molar-refractivity contribution in [3.63, 3.8) is 0 Å². The molecule has 0 aromatic heterocycles. The fraction of sp³-hybridized carbons (Fsp3) is 0.818. The highest BCUT2D eigenvalue weighted by Crippen LogP contribution is 2.05. The highest BCUT2D eigenvalue weighted by Gasteiger charge is 2.24. The molecule has 1 rings (SSSR count). The second-order valence-electron chi connectivity index (χ2n) is 4.13. The SMILES string of the molecule is C#CCN(CC)CCC1CS(=O)(=O)CCN1. The van der Waals surface area contributed by atoms with E-state index < -0.39 is 9.84 Å². The first-order chi connectivity index (χ1) is 7.57. The molecule has 4 nitrogen and oxygen atoms in total. The fourth-order valence-corrected chi connectivity index (χ4v) is 3.36. The Morgan fingerprint density at radius 1 is 1.56 bits per heavy atom. The van der Waals surface area contributed by atoms with Crippen LogP contribution < -0.4 is 5.32 Å². The molecule has 1 fully saturated rings. The van der Waals surface area contributed by atoms with E-state index in [1.807, 2.05) is 0 Å². The van der Waals surface area contributed by atoms with E-state index in [1.165, 1.54) is 0 Å². The lowest BCUT2D eigenvalue weighted by Gasteiger charge is -2.26. The van der Waals surface area contributed by atoms with Crippen molar-refractivity contribution in [3.8, 4) is 12.3 Å². The smallest absolute Gasteiger partial charge is 0.153 e. The third kappa shape index (κ3) is 4.52. The van der Waals surface area contributed by atoms with E-state index in [0.29, 0.717) is 13.1 Å². The molecule has 0 saturated carbocycles. The Kier molecular flexibility index (Phi) is 5.26. The predicted molar refractivity (Wildman–Crippen MR) is 66.0 cm³/mol. The number of nitrogens with zero attached hydrogens (tertiary/aromatic N) is 1. The summed E-state index contributed by atoms with van der Waals surface area (Å²) in [6, 6.07) is 0.0885. The Balaban J connectivity index is 2.35. The molecule has 1 unspecified atom stereocenters. The number of terminal acetylenes is 1. The van der Waals surface area contributed by atoms with Gasteiger partial charge >= 0.3 is 0 Å². The molecule has 0 spiro atoms. The van der Waals surface area contributed by atoms with E-state index >= 15 is 0 Å². The second-order valence-corrected chi connectivity index (χ2v) is 6.36. The highest BCUT2D eigenvalue weighted by atomic mass is 32.2. The molecule has 1 N–H and O–H groups in total. The summed E-state index contributed by atoms with van der Waals surface area (Å²) < 4.78 is 22.8. The topological polar surface area (TPSA) is 49.4 Å². The lowest BCUT2D eigenvalue weighted by molar-refractivity contribution is 0.301. The first-order valence-electron chi connectivity index (χ1n) is 5.67. The van der Waals surface area contributed by atoms with Gasteiger partial charge in [-0.1, -0.05) is 12.8 Å². The van der Waals surface area contributed by atoms with Crippen molar-refractivity contribution in [3.05, 3.63) is 0 Å². The van der Waals surface area contributed by atoms with Gasteiger partial charge in [0, 0.05) is 19.1 Å². The predicted octanol–water partition coefficient (Wildman–Crippen LogP) is -0.282. The van der Waals surface area contributed by atoms with Crippen molar-refractivity contribution >= 4 is 9.84 Å². The highest BCUT2D eigenvalue weighted by molar-refractivity contribution is 7.91. The van der Waals surface area contributed by atoms with Crippen LogP contribution in [0.15, 0.2) is 0 Å². The Morgan fingerprint density at radius 2 is 2.31 bits per heavy atom. The number of nitrogens with one attached hydrogen (secondary N) is 1. The molecule has 0 bridgehead atoms. The molecule has 0 aliphatic carbocycles. The Hall–Kier alpha value is -0.570. The summed E-state index contributed by atoms with van der Waals surface area (Å²) in [5.41, 5.74) is 0. The van der Waals surface area contributed by atoms with Crippen LogP contribution in [-0.2, 0) is 9.84 Å². The number of rotatable bonds is 5. The Morgan fingerprint density at radius 3 is 2.88 bits per heavy atom. The minimum atomic E-state index is -2.82. The van der Waals surface area contributed by atoms with Gasteiger partial charge < -0.3 is 5.32 Å². The van der Waals surface area contributed by atoms with Crippen LogP contribution in [0.4, 0.5) is 0 Å². The third-order valence-electron chi connectivity index (χ3n) is 2.86. The first kappa shape index (κ1) is 13.5. The quantitative estimate of drug-likeness (QED) is 0.676. The van der Waals surface area contributed by atoms with Crippen LogP contribution in [0.25, 0.3) is 0 Å². The second kappa shape index (κ2) is 6.24. The zero-order chi connectivity index (χ0) is 12.0. The summed E-state index contributed by atoms with van der Waals surface area (Å²) in [4.78, 5) is 2.14. The van der Waals surface area contributed by atoms with Crippen LogP contribution in [0.3, 0.4) is 0 Å². The van der Waals surface area contributed by atoms with Gasteiger partial charge in [-0.25, -0.2) is 8.42 Å². The average molecular weight is 244 g/mol. The van der Waals surface area contributed by atoms with E-state index in [0.717, 1.165) is 19.5 Å². The molecule has 0 aromatic carbocycles. The lowest BCUT2D eigenvalue weighted by atomic mass is 10.2. The van der Waals surface area contributed by atoms with Gasteiger partial charge in [-0.3, -0.25) is 4.90 Å². The van der Waals surface area contributed by atoms with Crippen molar-refractivity contribution in [2.75, 3.05) is 37.7 Å². The molecular formula is C11H20N2O2S. The van der Waals surface area contributed by atoms with Crippen LogP contribution >= 0.6 is 0 Å². The summed E-state index contributed by atoms with van der Waals surface area (Å²) in [5.74, 6) is 3.14. The zero-order valence-corrected chi connectivity index (χ0v) is 10.6. The van der Waals surface area contributed by atoms with E-state index in [9.17, 15) is 8.42 Å². The van der Waals surface area contributed by atoms with Crippen molar-refractivity contribution in [1.29, 1.82) is 0 Å². The largest absolute Gasteiger partial charge is 0.312 e. The summed E-state index contributed by atoms with van der Waals surface area (Å²) in [6.45, 7) is 5.03. The van der Waals surface area contributed by atoms with E-state index in [4.69, 9.17) is 6.42 Å². The first-order valence-corrected chi connectivity index (χ1v) is 7.49. The van der Waals surface area contributed by atoms with Crippen LogP contribution in [0.1, 0.15) is 13.3 Å². The van der Waals surface area contributed by atoms with Gasteiger partial charge in [0.15, 0.2) is 9.84 Å². The summed E-state index contributed by atoms with van der Waals surface area (Å²) >= 11 is 0. The minimum Gasteiger partial charge on any atom is -0.312 e. The molecule has 1 aliphatic heterocycles. The maximum atomic E-state index is 11.4. The van der Waals surface area contributed by atoms with Crippen molar-refractivity contribution in [2.24, 2.45) is 0 Å². The maximum absolute atomic E-state index is 11.4. The van der Waals surface area contributed by atoms with Crippen molar-refractivity contribution in [1.82, 2.24) is 10.2 Å². The zero-order valence-electron chi connectivity index (χ0n) is 9.78. The van der Waals surface area contributed by atoms with Crippen LogP contribution in [0.2, 0.25) is 0 Å². The van der Waals surface area contributed by atoms with Crippen LogP contribution in [0, 0.1) is 12.3 Å². The van der Waals surface area contributed by atoms with Gasteiger partial charge in [-0.05, 0) is 13.0 Å². The molecule has 1 saturated heterocycles. The normalized spacial score (nSPS) is 24.2. The maximum Gasteiger partial charge on any atom is 0.153 e. The molecule has 92 valence electrons. The number of sulfone groups is 1. The molecule has 0 aromatic rings. The van der Waals surface area contributed by atoms with E-state index in [-0.39, 0.29) is 17.5 Å². The van der Waals surface area contributed by atoms with Gasteiger partial charge in [0.05, 0.1) is 18.1 Å². The molecular weight excluding hydrogens is 224 g/mol. The number of hydrogen-bond acceptors (Lipinski definition) is 4. The summed E-state index contributed by atoms with van der Waals surface area (Å²) in [7, 11) is -2.82. The van der Waals surface area contributed by atoms with E-state index in [2.05, 4.69) is 23.1 Å². The fourth-order valence-electron chi connectivity index (χ4n) is 1.87. The summed E-state index contributed by atoms with van der Waals surface area (Å²) in [6.07, 6.45) is 6.10. The molecule has 1 aliphatic rings. The van der Waals surface area contributed by atoms with Crippen molar-refractivity contribution < 1.29 is 8.42 Å². The number of hydrogen-bond donors (Lipinski definition) is 1. The Bertz CT molecular complexity index is 345. The average Bonchev–Trinajstić information content (AvgIpc) is 2.23. The van der Waals surface area contributed by atoms with Crippen LogP contribution in [-0.4, -0.2) is 57.0 Å².